The van der Waals surface area contributed by atoms with Gasteiger partial charge in [-0.15, -0.1) is 0 Å². The normalized spacial score (nSPS) is 10.5. The highest BCUT2D eigenvalue weighted by atomic mass is 35.5. The highest BCUT2D eigenvalue weighted by Gasteiger charge is 2.11. The van der Waals surface area contributed by atoms with E-state index in [4.69, 9.17) is 16.3 Å². The highest BCUT2D eigenvalue weighted by molar-refractivity contribution is 6.31. The van der Waals surface area contributed by atoms with Crippen molar-refractivity contribution in [1.82, 2.24) is 0 Å². The predicted molar refractivity (Wildman–Crippen MR) is 65.8 cm³/mol. The third-order valence-corrected chi connectivity index (χ3v) is 2.66. The summed E-state index contributed by atoms with van der Waals surface area (Å²) in [4.78, 5) is 11.6. The van der Waals surface area contributed by atoms with Gasteiger partial charge < -0.3 is 4.74 Å². The SMILES string of the molecule is CCCOCCC(=O)Cc1c(F)cccc1Cl. The molecule has 0 fully saturated rings. The van der Waals surface area contributed by atoms with E-state index in [0.29, 0.717) is 24.7 Å². The number of hydrogen-bond acceptors (Lipinski definition) is 2. The van der Waals surface area contributed by atoms with Gasteiger partial charge in [-0.2, -0.15) is 0 Å². The van der Waals surface area contributed by atoms with Crippen LogP contribution in [0.25, 0.3) is 0 Å². The van der Waals surface area contributed by atoms with Crippen LogP contribution in [0.4, 0.5) is 4.39 Å². The van der Waals surface area contributed by atoms with E-state index in [1.807, 2.05) is 6.92 Å². The molecule has 94 valence electrons. The standard InChI is InChI=1S/C13H16ClFO2/c1-2-7-17-8-6-10(16)9-11-12(14)4-3-5-13(11)15/h3-5H,2,6-9H2,1H3. The minimum Gasteiger partial charge on any atom is -0.381 e. The maximum Gasteiger partial charge on any atom is 0.139 e. The molecule has 0 aliphatic heterocycles. The highest BCUT2D eigenvalue weighted by Crippen LogP contribution is 2.19. The zero-order valence-electron chi connectivity index (χ0n) is 9.84. The number of hydrogen-bond donors (Lipinski definition) is 0. The average Bonchev–Trinajstić information content (AvgIpc) is 2.30. The number of ether oxygens (including phenoxy) is 1. The van der Waals surface area contributed by atoms with Gasteiger partial charge in [0.1, 0.15) is 11.6 Å². The number of carbonyl (C=O) groups excluding carboxylic acids is 1. The average molecular weight is 259 g/mol. The number of halogens is 2. The van der Waals surface area contributed by atoms with Crippen LogP contribution in [0.2, 0.25) is 5.02 Å². The lowest BCUT2D eigenvalue weighted by molar-refractivity contribution is -0.119. The molecule has 2 nitrogen and oxygen atoms in total. The van der Waals surface area contributed by atoms with Crippen LogP contribution >= 0.6 is 11.6 Å². The molecule has 1 rings (SSSR count). The van der Waals surface area contributed by atoms with Gasteiger partial charge in [0.25, 0.3) is 0 Å². The number of ketones is 1. The van der Waals surface area contributed by atoms with Crippen LogP contribution in [-0.4, -0.2) is 19.0 Å². The van der Waals surface area contributed by atoms with Gasteiger partial charge >= 0.3 is 0 Å². The fourth-order valence-corrected chi connectivity index (χ4v) is 1.65. The Bertz CT molecular complexity index is 359. The molecule has 4 heteroatoms. The topological polar surface area (TPSA) is 26.3 Å². The number of benzene rings is 1. The van der Waals surface area contributed by atoms with E-state index in [1.54, 1.807) is 6.07 Å². The number of Topliss-reactive ketones (excluding diaryl/α,β-unsaturated/α-hetero) is 1. The molecule has 0 saturated carbocycles. The zero-order valence-corrected chi connectivity index (χ0v) is 10.6. The maximum atomic E-state index is 13.4. The first-order valence-corrected chi connectivity index (χ1v) is 6.05. The Kier molecular flexibility index (Phi) is 6.16. The van der Waals surface area contributed by atoms with E-state index in [2.05, 4.69) is 0 Å². The van der Waals surface area contributed by atoms with Crippen LogP contribution in [0.5, 0.6) is 0 Å². The Hall–Kier alpha value is -0.930. The second-order valence-corrected chi connectivity index (χ2v) is 4.19. The molecule has 0 atom stereocenters. The largest absolute Gasteiger partial charge is 0.381 e. The van der Waals surface area contributed by atoms with Gasteiger partial charge in [-0.3, -0.25) is 4.79 Å². The predicted octanol–water partition coefficient (Wildman–Crippen LogP) is 3.41. The molecule has 1 aromatic rings. The summed E-state index contributed by atoms with van der Waals surface area (Å²) >= 11 is 5.83. The molecule has 0 aliphatic rings. The lowest BCUT2D eigenvalue weighted by Gasteiger charge is -2.05. The molecule has 0 N–H and O–H groups in total. The Morgan fingerprint density at radius 1 is 1.41 bits per heavy atom. The molecule has 0 unspecified atom stereocenters. The molecular formula is C13H16ClFO2. The van der Waals surface area contributed by atoms with E-state index in [0.717, 1.165) is 6.42 Å². The van der Waals surface area contributed by atoms with Gasteiger partial charge in [0.05, 0.1) is 6.61 Å². The van der Waals surface area contributed by atoms with E-state index < -0.39 is 5.82 Å². The monoisotopic (exact) mass is 258 g/mol. The summed E-state index contributed by atoms with van der Waals surface area (Å²) in [5.74, 6) is -0.492. The maximum absolute atomic E-state index is 13.4. The van der Waals surface area contributed by atoms with Crippen molar-refractivity contribution in [2.24, 2.45) is 0 Å². The number of carbonyl (C=O) groups is 1. The van der Waals surface area contributed by atoms with Gasteiger partial charge in [-0.05, 0) is 18.6 Å². The van der Waals surface area contributed by atoms with Crippen LogP contribution < -0.4 is 0 Å². The van der Waals surface area contributed by atoms with Crippen molar-refractivity contribution in [3.05, 3.63) is 34.6 Å². The summed E-state index contributed by atoms with van der Waals surface area (Å²) in [5.41, 5.74) is 0.273. The van der Waals surface area contributed by atoms with Crippen LogP contribution in [0, 0.1) is 5.82 Å². The van der Waals surface area contributed by atoms with Crippen molar-refractivity contribution in [1.29, 1.82) is 0 Å². The molecule has 0 spiro atoms. The fraction of sp³-hybridized carbons (Fsp3) is 0.462. The van der Waals surface area contributed by atoms with Crippen LogP contribution in [0.15, 0.2) is 18.2 Å². The van der Waals surface area contributed by atoms with Crippen molar-refractivity contribution in [3.63, 3.8) is 0 Å². The van der Waals surface area contributed by atoms with Crippen molar-refractivity contribution in [2.75, 3.05) is 13.2 Å². The second-order valence-electron chi connectivity index (χ2n) is 3.78. The van der Waals surface area contributed by atoms with Gasteiger partial charge in [0, 0.05) is 30.0 Å². The van der Waals surface area contributed by atoms with Crippen molar-refractivity contribution in [2.45, 2.75) is 26.2 Å². The molecule has 0 aromatic heterocycles. The van der Waals surface area contributed by atoms with Gasteiger partial charge in [0.2, 0.25) is 0 Å². The van der Waals surface area contributed by atoms with Crippen LogP contribution in [0.1, 0.15) is 25.3 Å². The third-order valence-electron chi connectivity index (χ3n) is 2.31. The Morgan fingerprint density at radius 3 is 2.82 bits per heavy atom. The summed E-state index contributed by atoms with van der Waals surface area (Å²) in [7, 11) is 0. The minimum atomic E-state index is -0.430. The molecule has 17 heavy (non-hydrogen) atoms. The number of rotatable bonds is 7. The Balaban J connectivity index is 2.45. The van der Waals surface area contributed by atoms with E-state index >= 15 is 0 Å². The molecule has 0 saturated heterocycles. The third kappa shape index (κ3) is 4.84. The summed E-state index contributed by atoms with van der Waals surface area (Å²) in [6.45, 7) is 3.04. The van der Waals surface area contributed by atoms with Crippen molar-refractivity contribution >= 4 is 17.4 Å². The van der Waals surface area contributed by atoms with Crippen LogP contribution in [0.3, 0.4) is 0 Å². The first kappa shape index (κ1) is 14.1. The smallest absolute Gasteiger partial charge is 0.139 e. The minimum absolute atomic E-state index is 0.0288. The molecule has 0 heterocycles. The quantitative estimate of drug-likeness (QED) is 0.701. The van der Waals surface area contributed by atoms with E-state index in [9.17, 15) is 9.18 Å². The van der Waals surface area contributed by atoms with Crippen LogP contribution in [-0.2, 0) is 16.0 Å². The van der Waals surface area contributed by atoms with E-state index in [1.165, 1.54) is 12.1 Å². The molecule has 0 bridgehead atoms. The summed E-state index contributed by atoms with van der Waals surface area (Å²) in [5, 5.41) is 0.299. The Labute approximate surface area is 106 Å². The molecule has 0 radical (unpaired) electrons. The van der Waals surface area contributed by atoms with Crippen molar-refractivity contribution in [3.8, 4) is 0 Å². The summed E-state index contributed by atoms with van der Waals surface area (Å²) in [6, 6.07) is 4.42. The van der Waals surface area contributed by atoms with Gasteiger partial charge in [0.15, 0.2) is 0 Å². The molecule has 0 aliphatic carbocycles. The van der Waals surface area contributed by atoms with E-state index in [-0.39, 0.29) is 17.8 Å². The second kappa shape index (κ2) is 7.41. The van der Waals surface area contributed by atoms with Crippen molar-refractivity contribution < 1.29 is 13.9 Å². The lowest BCUT2D eigenvalue weighted by Crippen LogP contribution is -2.09. The zero-order chi connectivity index (χ0) is 12.7. The molecular weight excluding hydrogens is 243 g/mol. The molecule has 0 amide bonds. The van der Waals surface area contributed by atoms with Gasteiger partial charge in [-0.25, -0.2) is 4.39 Å². The summed E-state index contributed by atoms with van der Waals surface area (Å²) < 4.78 is 18.6. The first-order valence-electron chi connectivity index (χ1n) is 5.67. The van der Waals surface area contributed by atoms with Gasteiger partial charge in [-0.1, -0.05) is 24.6 Å². The summed E-state index contributed by atoms with van der Waals surface area (Å²) in [6.07, 6.45) is 1.25. The fourth-order valence-electron chi connectivity index (χ4n) is 1.42. The molecule has 1 aromatic carbocycles. The first-order chi connectivity index (χ1) is 8.15. The Morgan fingerprint density at radius 2 is 2.18 bits per heavy atom. The lowest BCUT2D eigenvalue weighted by atomic mass is 10.1.